The molecule has 3 unspecified atom stereocenters. The molecule has 22 heavy (non-hydrogen) atoms. The Hall–Kier alpha value is -0.700. The van der Waals surface area contributed by atoms with Crippen LogP contribution in [0.2, 0.25) is 0 Å². The Morgan fingerprint density at radius 3 is 2.82 bits per heavy atom. The average molecular weight is 306 g/mol. The minimum absolute atomic E-state index is 0.0754. The van der Waals surface area contributed by atoms with Crippen LogP contribution in [-0.4, -0.2) is 23.2 Å². The van der Waals surface area contributed by atoms with Crippen LogP contribution in [0.1, 0.15) is 52.4 Å². The number of aliphatic hydroxyl groups excluding tert-OH is 1. The van der Waals surface area contributed by atoms with E-state index in [1.54, 1.807) is 0 Å². The largest absolute Gasteiger partial charge is 0.393 e. The molecule has 2 nitrogen and oxygen atoms in total. The molecule has 4 rings (SSSR count). The molecule has 1 N–H and O–H groups in total. The molecule has 0 aromatic rings. The number of aliphatic hydroxyl groups is 1. The monoisotopic (exact) mass is 306 g/mol. The fourth-order valence-corrected chi connectivity index (χ4v) is 6.55. The number of carbonyl (C=O) groups is 1. The minimum atomic E-state index is -0.830. The van der Waals surface area contributed by atoms with Crippen LogP contribution >= 0.6 is 0 Å². The highest BCUT2D eigenvalue weighted by Crippen LogP contribution is 2.63. The van der Waals surface area contributed by atoms with Gasteiger partial charge in [-0.05, 0) is 67.3 Å². The van der Waals surface area contributed by atoms with Crippen molar-refractivity contribution in [1.82, 2.24) is 0 Å². The molecule has 122 valence electrons. The molecule has 3 fully saturated rings. The van der Waals surface area contributed by atoms with Crippen LogP contribution in [0, 0.1) is 35.0 Å². The molecule has 0 aromatic heterocycles. The van der Waals surface area contributed by atoms with Gasteiger partial charge in [0.05, 0.1) is 6.10 Å². The van der Waals surface area contributed by atoms with Gasteiger partial charge in [-0.3, -0.25) is 4.79 Å². The fourth-order valence-electron chi connectivity index (χ4n) is 6.55. The zero-order valence-corrected chi connectivity index (χ0v) is 13.6. The van der Waals surface area contributed by atoms with Gasteiger partial charge in [-0.15, -0.1) is 0 Å². The number of allylic oxidation sites excluding steroid dienone is 1. The van der Waals surface area contributed by atoms with E-state index in [0.717, 1.165) is 25.7 Å². The summed E-state index contributed by atoms with van der Waals surface area (Å²) < 4.78 is 15.2. The van der Waals surface area contributed by atoms with E-state index in [1.165, 1.54) is 5.57 Å². The predicted molar refractivity (Wildman–Crippen MR) is 82.9 cm³/mol. The molecule has 0 amide bonds. The summed E-state index contributed by atoms with van der Waals surface area (Å²) in [6, 6.07) is 0. The first-order valence-electron chi connectivity index (χ1n) is 8.97. The van der Waals surface area contributed by atoms with Crippen LogP contribution < -0.4 is 0 Å². The second kappa shape index (κ2) is 4.90. The summed E-state index contributed by atoms with van der Waals surface area (Å²) in [6.07, 6.45) is 5.41. The van der Waals surface area contributed by atoms with Crippen LogP contribution in [0.3, 0.4) is 0 Å². The predicted octanol–water partition coefficient (Wildman–Crippen LogP) is 3.68. The Balaban J connectivity index is 1.73. The van der Waals surface area contributed by atoms with Crippen molar-refractivity contribution < 1.29 is 14.3 Å². The normalized spacial score (nSPS) is 54.3. The maximum Gasteiger partial charge on any atom is 0.155 e. The van der Waals surface area contributed by atoms with E-state index in [2.05, 4.69) is 13.8 Å². The Labute approximate surface area is 132 Å². The molecular weight excluding hydrogens is 279 g/mol. The van der Waals surface area contributed by atoms with Gasteiger partial charge in [0.15, 0.2) is 5.78 Å². The lowest BCUT2D eigenvalue weighted by molar-refractivity contribution is -0.120. The highest BCUT2D eigenvalue weighted by molar-refractivity contribution is 5.91. The molecule has 4 aliphatic rings. The van der Waals surface area contributed by atoms with E-state index in [9.17, 15) is 9.90 Å². The van der Waals surface area contributed by atoms with Gasteiger partial charge in [0.2, 0.25) is 0 Å². The first-order chi connectivity index (χ1) is 10.4. The maximum atomic E-state index is 15.2. The van der Waals surface area contributed by atoms with Crippen molar-refractivity contribution in [3.63, 3.8) is 0 Å². The van der Waals surface area contributed by atoms with Crippen molar-refractivity contribution in [3.05, 3.63) is 11.6 Å². The first kappa shape index (κ1) is 14.9. The third-order valence-corrected chi connectivity index (χ3v) is 7.52. The maximum absolute atomic E-state index is 15.2. The fraction of sp³-hybridized carbons (Fsp3) is 0.842. The minimum Gasteiger partial charge on any atom is -0.393 e. The molecule has 8 atom stereocenters. The van der Waals surface area contributed by atoms with Gasteiger partial charge in [-0.25, -0.2) is 4.39 Å². The van der Waals surface area contributed by atoms with Gasteiger partial charge in [-0.2, -0.15) is 0 Å². The summed E-state index contributed by atoms with van der Waals surface area (Å²) in [5, 5.41) is 10.4. The first-order valence-corrected chi connectivity index (χ1v) is 8.97. The van der Waals surface area contributed by atoms with Gasteiger partial charge in [0.1, 0.15) is 6.17 Å². The van der Waals surface area contributed by atoms with Crippen LogP contribution in [0.25, 0.3) is 0 Å². The van der Waals surface area contributed by atoms with E-state index >= 15 is 4.39 Å². The van der Waals surface area contributed by atoms with Crippen molar-refractivity contribution in [1.29, 1.82) is 0 Å². The summed E-state index contributed by atoms with van der Waals surface area (Å²) >= 11 is 0. The second-order valence-corrected chi connectivity index (χ2v) is 8.59. The zero-order valence-electron chi connectivity index (χ0n) is 13.6. The number of carbonyl (C=O) groups excluding carboxylic acids is 1. The molecule has 0 radical (unpaired) electrons. The molecule has 0 spiro atoms. The summed E-state index contributed by atoms with van der Waals surface area (Å²) in [5.74, 6) is 1.83. The van der Waals surface area contributed by atoms with Crippen molar-refractivity contribution in [2.45, 2.75) is 64.6 Å². The number of rotatable bonds is 0. The smallest absolute Gasteiger partial charge is 0.155 e. The summed E-state index contributed by atoms with van der Waals surface area (Å²) in [4.78, 5) is 11.7. The molecule has 0 saturated heterocycles. The summed E-state index contributed by atoms with van der Waals surface area (Å²) in [6.45, 7) is 4.34. The van der Waals surface area contributed by atoms with Crippen LogP contribution in [0.5, 0.6) is 0 Å². The van der Waals surface area contributed by atoms with Crippen molar-refractivity contribution >= 4 is 5.78 Å². The van der Waals surface area contributed by atoms with E-state index < -0.39 is 6.17 Å². The Kier molecular flexibility index (Phi) is 3.31. The van der Waals surface area contributed by atoms with Gasteiger partial charge in [0, 0.05) is 12.3 Å². The summed E-state index contributed by atoms with van der Waals surface area (Å²) in [5.41, 5.74) is 0.982. The lowest BCUT2D eigenvalue weighted by Crippen LogP contribution is -2.54. The molecule has 3 heteroatoms. The van der Waals surface area contributed by atoms with E-state index in [0.29, 0.717) is 30.6 Å². The number of alkyl halides is 1. The van der Waals surface area contributed by atoms with E-state index in [1.807, 2.05) is 6.08 Å². The number of ketones is 1. The van der Waals surface area contributed by atoms with Crippen LogP contribution in [0.4, 0.5) is 4.39 Å². The zero-order chi connectivity index (χ0) is 15.6. The van der Waals surface area contributed by atoms with Crippen molar-refractivity contribution in [3.8, 4) is 0 Å². The standard InChI is InChI=1S/C19H27FO2/c1-10-7-11-8-12(21)3-4-13(11)18-15(20)9-19(2)14(17(10)18)5-6-16(19)22/h8,10,13-18,22H,3-7,9H2,1-2H3/t10?,13-,14-,15?,16?,17-,18-,19-/m0/s1. The van der Waals surface area contributed by atoms with E-state index in [-0.39, 0.29) is 29.1 Å². The third-order valence-electron chi connectivity index (χ3n) is 7.52. The van der Waals surface area contributed by atoms with Crippen molar-refractivity contribution in [2.75, 3.05) is 0 Å². The van der Waals surface area contributed by atoms with E-state index in [4.69, 9.17) is 0 Å². The number of hydrogen-bond donors (Lipinski definition) is 1. The molecule has 0 aliphatic heterocycles. The Bertz CT molecular complexity index is 528. The highest BCUT2D eigenvalue weighted by Gasteiger charge is 2.61. The number of hydrogen-bond acceptors (Lipinski definition) is 2. The van der Waals surface area contributed by atoms with Gasteiger partial charge < -0.3 is 5.11 Å². The average Bonchev–Trinajstić information content (AvgIpc) is 2.74. The highest BCUT2D eigenvalue weighted by atomic mass is 19.1. The topological polar surface area (TPSA) is 37.3 Å². The molecule has 0 bridgehead atoms. The number of halogens is 1. The van der Waals surface area contributed by atoms with Gasteiger partial charge in [-0.1, -0.05) is 19.4 Å². The van der Waals surface area contributed by atoms with Crippen LogP contribution in [0.15, 0.2) is 11.6 Å². The van der Waals surface area contributed by atoms with Gasteiger partial charge in [0.25, 0.3) is 0 Å². The Morgan fingerprint density at radius 2 is 2.05 bits per heavy atom. The molecule has 0 heterocycles. The second-order valence-electron chi connectivity index (χ2n) is 8.59. The summed E-state index contributed by atoms with van der Waals surface area (Å²) in [7, 11) is 0. The molecule has 4 aliphatic carbocycles. The number of fused-ring (bicyclic) bond motifs is 5. The lowest BCUT2D eigenvalue weighted by Gasteiger charge is -2.56. The lowest BCUT2D eigenvalue weighted by atomic mass is 9.49. The van der Waals surface area contributed by atoms with Gasteiger partial charge >= 0.3 is 0 Å². The quantitative estimate of drug-likeness (QED) is 0.741. The Morgan fingerprint density at radius 1 is 1.27 bits per heavy atom. The van der Waals surface area contributed by atoms with Crippen LogP contribution in [-0.2, 0) is 4.79 Å². The SMILES string of the molecule is CC1CC2=CC(=O)CC[C@@H]2[C@H]2C(F)C[C@]3(C)C(O)CC[C@H]3[C@H]12. The van der Waals surface area contributed by atoms with Crippen molar-refractivity contribution in [2.24, 2.45) is 35.0 Å². The molecular formula is C19H27FO2. The molecule has 0 aromatic carbocycles. The third kappa shape index (κ3) is 1.90. The molecule has 3 saturated carbocycles.